The number of hydrogen-bond donors (Lipinski definition) is 2. The molecule has 2 N–H and O–H groups in total. The average molecular weight is 488 g/mol. The Bertz CT molecular complexity index is 1240. The Kier molecular flexibility index (Phi) is 9.08. The molecule has 0 aliphatic carbocycles. The molecule has 0 amide bonds. The second-order valence-corrected chi connectivity index (χ2v) is 8.89. The summed E-state index contributed by atoms with van der Waals surface area (Å²) in [5.41, 5.74) is 4.32. The predicted octanol–water partition coefficient (Wildman–Crippen LogP) is 4.85. The van der Waals surface area contributed by atoms with Gasteiger partial charge >= 0.3 is 0 Å². The molecule has 0 aliphatic heterocycles. The number of aliphatic hydroxyl groups excluding tert-OH is 2. The van der Waals surface area contributed by atoms with Crippen molar-refractivity contribution in [3.63, 3.8) is 0 Å². The molecule has 0 saturated heterocycles. The monoisotopic (exact) mass is 487 g/mol. The van der Waals surface area contributed by atoms with Gasteiger partial charge in [-0.1, -0.05) is 42.0 Å². The topological polar surface area (TPSA) is 93.5 Å². The van der Waals surface area contributed by atoms with E-state index in [0.29, 0.717) is 18.9 Å². The highest BCUT2D eigenvalue weighted by atomic mass is 16.5. The summed E-state index contributed by atoms with van der Waals surface area (Å²) in [5, 5.41) is 18.7. The smallest absolute Gasteiger partial charge is 0.218 e. The number of imidazole rings is 1. The fraction of sp³-hybridized carbons (Fsp3) is 0.310. The summed E-state index contributed by atoms with van der Waals surface area (Å²) in [6.45, 7) is 3.00. The molecule has 7 nitrogen and oxygen atoms in total. The minimum absolute atomic E-state index is 0.252. The van der Waals surface area contributed by atoms with Crippen molar-refractivity contribution in [2.75, 3.05) is 6.61 Å². The van der Waals surface area contributed by atoms with E-state index >= 15 is 0 Å². The van der Waals surface area contributed by atoms with Crippen LogP contribution < -0.4 is 4.74 Å². The van der Waals surface area contributed by atoms with Crippen LogP contribution in [0.5, 0.6) is 5.75 Å². The van der Waals surface area contributed by atoms with Crippen molar-refractivity contribution in [1.29, 1.82) is 0 Å². The van der Waals surface area contributed by atoms with Gasteiger partial charge in [0.2, 0.25) is 5.89 Å². The van der Waals surface area contributed by atoms with Gasteiger partial charge in [0.25, 0.3) is 0 Å². The Morgan fingerprint density at radius 1 is 1.11 bits per heavy atom. The van der Waals surface area contributed by atoms with Crippen LogP contribution in [0.2, 0.25) is 0 Å². The van der Waals surface area contributed by atoms with E-state index in [4.69, 9.17) is 14.3 Å². The number of aromatic nitrogens is 3. The summed E-state index contributed by atoms with van der Waals surface area (Å²) in [6, 6.07) is 16.4. The maximum absolute atomic E-state index is 9.65. The second kappa shape index (κ2) is 12.9. The Morgan fingerprint density at radius 3 is 2.78 bits per heavy atom. The van der Waals surface area contributed by atoms with E-state index < -0.39 is 6.10 Å². The summed E-state index contributed by atoms with van der Waals surface area (Å²) < 4.78 is 13.4. The molecular formula is C29H33N3O4. The van der Waals surface area contributed by atoms with Crippen molar-refractivity contribution in [2.24, 2.45) is 0 Å². The van der Waals surface area contributed by atoms with Gasteiger partial charge in [-0.2, -0.15) is 0 Å². The highest BCUT2D eigenvalue weighted by molar-refractivity contribution is 5.66. The number of hydrogen-bond acceptors (Lipinski definition) is 6. The van der Waals surface area contributed by atoms with E-state index in [1.54, 1.807) is 12.5 Å². The van der Waals surface area contributed by atoms with Gasteiger partial charge in [0, 0.05) is 31.4 Å². The standard InChI is InChI=1S/C29H33N3O4/c1-22-5-4-7-24(17-22)10-13-29-31-25(21-36-29)20-35-27-11-8-23(9-12-27)6-2-3-15-32-16-14-30-28(32)18-26(34)19-33/h4-5,7-14,16-17,21,26,33-34H,2-3,6,15,18-20H2,1H3/b13-10+. The van der Waals surface area contributed by atoms with E-state index in [1.165, 1.54) is 11.1 Å². The van der Waals surface area contributed by atoms with Crippen LogP contribution in [0.15, 0.2) is 71.6 Å². The van der Waals surface area contributed by atoms with Crippen LogP contribution in [0.1, 0.15) is 46.9 Å². The van der Waals surface area contributed by atoms with Gasteiger partial charge in [-0.25, -0.2) is 9.97 Å². The van der Waals surface area contributed by atoms with Crippen LogP contribution in [0.4, 0.5) is 0 Å². The molecule has 0 fully saturated rings. The summed E-state index contributed by atoms with van der Waals surface area (Å²) in [6.07, 6.45) is 11.7. The van der Waals surface area contributed by atoms with Crippen LogP contribution in [-0.4, -0.2) is 37.5 Å². The van der Waals surface area contributed by atoms with E-state index in [2.05, 4.69) is 41.2 Å². The Labute approximate surface area is 211 Å². The maximum Gasteiger partial charge on any atom is 0.218 e. The lowest BCUT2D eigenvalue weighted by Crippen LogP contribution is -2.18. The zero-order chi connectivity index (χ0) is 25.2. The molecule has 2 aromatic heterocycles. The van der Waals surface area contributed by atoms with E-state index in [1.807, 2.05) is 47.2 Å². The molecule has 2 aromatic carbocycles. The fourth-order valence-electron chi connectivity index (χ4n) is 3.94. The maximum atomic E-state index is 9.65. The van der Waals surface area contributed by atoms with Crippen molar-refractivity contribution in [3.8, 4) is 5.75 Å². The lowest BCUT2D eigenvalue weighted by Gasteiger charge is -2.10. The number of ether oxygens (including phenoxy) is 1. The molecule has 36 heavy (non-hydrogen) atoms. The van der Waals surface area contributed by atoms with Gasteiger partial charge in [0.1, 0.15) is 30.1 Å². The first-order valence-corrected chi connectivity index (χ1v) is 12.3. The molecule has 0 saturated carbocycles. The van der Waals surface area contributed by atoms with Crippen LogP contribution >= 0.6 is 0 Å². The predicted molar refractivity (Wildman–Crippen MR) is 139 cm³/mol. The second-order valence-electron chi connectivity index (χ2n) is 8.89. The molecule has 4 aromatic rings. The molecule has 1 atom stereocenters. The molecule has 1 unspecified atom stereocenters. The summed E-state index contributed by atoms with van der Waals surface area (Å²) in [7, 11) is 0. The molecule has 2 heterocycles. The minimum Gasteiger partial charge on any atom is -0.487 e. The number of nitrogens with zero attached hydrogens (tertiary/aromatic N) is 3. The molecule has 7 heteroatoms. The van der Waals surface area contributed by atoms with Gasteiger partial charge in [-0.15, -0.1) is 0 Å². The number of benzene rings is 2. The van der Waals surface area contributed by atoms with Crippen LogP contribution in [0.3, 0.4) is 0 Å². The lowest BCUT2D eigenvalue weighted by atomic mass is 10.1. The summed E-state index contributed by atoms with van der Waals surface area (Å²) in [5.74, 6) is 2.15. The largest absolute Gasteiger partial charge is 0.487 e. The van der Waals surface area contributed by atoms with Crippen molar-refractivity contribution in [3.05, 3.63) is 101 Å². The zero-order valence-electron chi connectivity index (χ0n) is 20.6. The van der Waals surface area contributed by atoms with Gasteiger partial charge in [0.15, 0.2) is 0 Å². The van der Waals surface area contributed by atoms with E-state index in [0.717, 1.165) is 48.6 Å². The first-order chi connectivity index (χ1) is 17.6. The number of rotatable bonds is 13. The molecule has 0 spiro atoms. The molecule has 0 bridgehead atoms. The molecule has 188 valence electrons. The van der Waals surface area contributed by atoms with Gasteiger partial charge in [-0.3, -0.25) is 0 Å². The van der Waals surface area contributed by atoms with Crippen molar-refractivity contribution in [2.45, 2.75) is 51.9 Å². The third kappa shape index (κ3) is 7.66. The Balaban J connectivity index is 1.18. The number of unbranched alkanes of at least 4 members (excludes halogenated alkanes) is 1. The highest BCUT2D eigenvalue weighted by Crippen LogP contribution is 2.17. The molecule has 4 rings (SSSR count). The molecule has 0 aliphatic rings. The summed E-state index contributed by atoms with van der Waals surface area (Å²) in [4.78, 5) is 8.75. The van der Waals surface area contributed by atoms with Crippen LogP contribution in [0.25, 0.3) is 12.2 Å². The van der Waals surface area contributed by atoms with E-state index in [9.17, 15) is 5.11 Å². The molecule has 0 radical (unpaired) electrons. The zero-order valence-corrected chi connectivity index (χ0v) is 20.6. The number of aryl methyl sites for hydroxylation is 3. The third-order valence-electron chi connectivity index (χ3n) is 5.89. The number of oxazole rings is 1. The summed E-state index contributed by atoms with van der Waals surface area (Å²) >= 11 is 0. The SMILES string of the molecule is Cc1cccc(/C=C/c2nc(COc3ccc(CCCCn4ccnc4CC(O)CO)cc3)co2)c1. The molecular weight excluding hydrogens is 454 g/mol. The Hall–Kier alpha value is -3.68. The van der Waals surface area contributed by atoms with Crippen molar-refractivity contribution in [1.82, 2.24) is 14.5 Å². The quantitative estimate of drug-likeness (QED) is 0.262. The lowest BCUT2D eigenvalue weighted by molar-refractivity contribution is 0.0931. The Morgan fingerprint density at radius 2 is 1.97 bits per heavy atom. The van der Waals surface area contributed by atoms with Crippen molar-refractivity contribution >= 4 is 12.2 Å². The van der Waals surface area contributed by atoms with E-state index in [-0.39, 0.29) is 6.61 Å². The van der Waals surface area contributed by atoms with Crippen molar-refractivity contribution < 1.29 is 19.4 Å². The normalized spacial score (nSPS) is 12.3. The highest BCUT2D eigenvalue weighted by Gasteiger charge is 2.09. The first kappa shape index (κ1) is 25.4. The third-order valence-corrected chi connectivity index (χ3v) is 5.89. The first-order valence-electron chi connectivity index (χ1n) is 12.3. The fourth-order valence-corrected chi connectivity index (χ4v) is 3.94. The van der Waals surface area contributed by atoms with Gasteiger partial charge < -0.3 is 23.9 Å². The average Bonchev–Trinajstić information content (AvgIpc) is 3.54. The number of aliphatic hydroxyl groups is 2. The van der Waals surface area contributed by atoms with Crippen LogP contribution in [0, 0.1) is 6.92 Å². The van der Waals surface area contributed by atoms with Gasteiger partial charge in [0.05, 0.1) is 12.7 Å². The minimum atomic E-state index is -0.765. The van der Waals surface area contributed by atoms with Gasteiger partial charge in [-0.05, 0) is 55.5 Å². The van der Waals surface area contributed by atoms with Crippen LogP contribution in [-0.2, 0) is 26.0 Å².